The van der Waals surface area contributed by atoms with E-state index in [1.807, 2.05) is 30.3 Å². The van der Waals surface area contributed by atoms with E-state index in [1.165, 1.54) is 4.90 Å². The van der Waals surface area contributed by atoms with Gasteiger partial charge in [0.25, 0.3) is 0 Å². The van der Waals surface area contributed by atoms with Gasteiger partial charge < -0.3 is 10.2 Å². The summed E-state index contributed by atoms with van der Waals surface area (Å²) in [6.45, 7) is 3.95. The Bertz CT molecular complexity index is 649. The molecule has 4 atom stereocenters. The first kappa shape index (κ1) is 15.7. The van der Waals surface area contributed by atoms with Crippen molar-refractivity contribution in [3.63, 3.8) is 0 Å². The number of carbonyl (C=O) groups is 2. The minimum atomic E-state index is -1.27. The number of fused-ring (bicyclic) bond motifs is 1. The van der Waals surface area contributed by atoms with E-state index in [9.17, 15) is 13.8 Å². The second-order valence-corrected chi connectivity index (χ2v) is 9.16. The number of β-lactam (4-membered cyclic amide) rings is 1. The van der Waals surface area contributed by atoms with Crippen molar-refractivity contribution in [1.82, 2.24) is 10.2 Å². The molecule has 2 fully saturated rings. The Labute approximate surface area is 140 Å². The highest BCUT2D eigenvalue weighted by Gasteiger charge is 2.66. The molecular formula is C15H17BrN2O3S. The number of hydrogen-bond donors (Lipinski definition) is 1. The van der Waals surface area contributed by atoms with Crippen LogP contribution in [0.3, 0.4) is 0 Å². The molecule has 0 aliphatic carbocycles. The predicted octanol–water partition coefficient (Wildman–Crippen LogP) is 1.14. The third kappa shape index (κ3) is 2.22. The molecule has 22 heavy (non-hydrogen) atoms. The van der Waals surface area contributed by atoms with Gasteiger partial charge in [-0.25, -0.2) is 0 Å². The van der Waals surface area contributed by atoms with Crippen LogP contribution in [0, 0.1) is 0 Å². The molecule has 7 heteroatoms. The molecule has 1 N–H and O–H groups in total. The van der Waals surface area contributed by atoms with E-state index in [0.717, 1.165) is 5.56 Å². The molecule has 2 aliphatic heterocycles. The molecular weight excluding hydrogens is 368 g/mol. The van der Waals surface area contributed by atoms with Crippen LogP contribution in [0.2, 0.25) is 0 Å². The Hall–Kier alpha value is -1.21. The number of alkyl halides is 1. The molecule has 2 heterocycles. The van der Waals surface area contributed by atoms with Crippen molar-refractivity contribution in [3.8, 4) is 0 Å². The van der Waals surface area contributed by atoms with Gasteiger partial charge in [-0.15, -0.1) is 0 Å². The SMILES string of the molecule is CC1(C)[C@H](C(=O)NCc2ccccc2)N2C(=O)[C@H](Br)[C@H]2[S@@]1=O. The van der Waals surface area contributed by atoms with Crippen LogP contribution in [0.15, 0.2) is 30.3 Å². The quantitative estimate of drug-likeness (QED) is 0.627. The van der Waals surface area contributed by atoms with Crippen LogP contribution in [0.5, 0.6) is 0 Å². The lowest BCUT2D eigenvalue weighted by Gasteiger charge is -2.41. The van der Waals surface area contributed by atoms with Gasteiger partial charge in [-0.05, 0) is 19.4 Å². The maximum atomic E-state index is 12.6. The van der Waals surface area contributed by atoms with Gasteiger partial charge in [0.1, 0.15) is 16.2 Å². The van der Waals surface area contributed by atoms with Crippen LogP contribution < -0.4 is 5.32 Å². The topological polar surface area (TPSA) is 66.5 Å². The van der Waals surface area contributed by atoms with E-state index in [1.54, 1.807) is 13.8 Å². The van der Waals surface area contributed by atoms with E-state index < -0.39 is 31.8 Å². The minimum Gasteiger partial charge on any atom is -0.350 e. The number of benzene rings is 1. The van der Waals surface area contributed by atoms with Crippen molar-refractivity contribution in [2.24, 2.45) is 0 Å². The van der Waals surface area contributed by atoms with Crippen molar-refractivity contribution < 1.29 is 13.8 Å². The second kappa shape index (κ2) is 5.45. The summed E-state index contributed by atoms with van der Waals surface area (Å²) in [4.78, 5) is 25.6. The van der Waals surface area contributed by atoms with Gasteiger partial charge in [-0.2, -0.15) is 0 Å². The molecule has 0 saturated carbocycles. The number of hydrogen-bond acceptors (Lipinski definition) is 3. The maximum absolute atomic E-state index is 12.6. The van der Waals surface area contributed by atoms with Crippen molar-refractivity contribution in [1.29, 1.82) is 0 Å². The average molecular weight is 385 g/mol. The van der Waals surface area contributed by atoms with Crippen LogP contribution in [-0.4, -0.2) is 41.9 Å². The van der Waals surface area contributed by atoms with Gasteiger partial charge in [0, 0.05) is 6.54 Å². The lowest BCUT2D eigenvalue weighted by Crippen LogP contribution is -2.65. The smallest absolute Gasteiger partial charge is 0.244 e. The summed E-state index contributed by atoms with van der Waals surface area (Å²) in [7, 11) is -1.27. The van der Waals surface area contributed by atoms with E-state index in [4.69, 9.17) is 0 Å². The number of carbonyl (C=O) groups excluding carboxylic acids is 2. The van der Waals surface area contributed by atoms with Crippen LogP contribution >= 0.6 is 15.9 Å². The Balaban J connectivity index is 1.77. The predicted molar refractivity (Wildman–Crippen MR) is 87.6 cm³/mol. The number of rotatable bonds is 3. The molecule has 0 radical (unpaired) electrons. The van der Waals surface area contributed by atoms with Crippen molar-refractivity contribution in [2.45, 2.75) is 41.4 Å². The Kier molecular flexibility index (Phi) is 3.89. The number of halogens is 1. The summed E-state index contributed by atoms with van der Waals surface area (Å²) < 4.78 is 11.8. The summed E-state index contributed by atoms with van der Waals surface area (Å²) in [5, 5.41) is 2.45. The third-order valence-electron chi connectivity index (χ3n) is 4.25. The molecule has 5 nitrogen and oxygen atoms in total. The van der Waals surface area contributed by atoms with Crippen LogP contribution in [0.1, 0.15) is 19.4 Å². The standard InChI is InChI=1S/C15H17BrN2O3S/c1-15(2)11(18-13(20)10(16)14(18)22(15)21)12(19)17-8-9-6-4-3-5-7-9/h3-7,10-11,14H,8H2,1-2H3,(H,17,19)/t10-,11-,14+,22-/m0/s1. The van der Waals surface area contributed by atoms with Gasteiger partial charge in [-0.3, -0.25) is 13.8 Å². The molecule has 2 amide bonds. The summed E-state index contributed by atoms with van der Waals surface area (Å²) >= 11 is 3.26. The highest BCUT2D eigenvalue weighted by molar-refractivity contribution is 9.10. The maximum Gasteiger partial charge on any atom is 0.244 e. The summed E-state index contributed by atoms with van der Waals surface area (Å²) in [5.41, 5.74) is 0.984. The third-order valence-corrected chi connectivity index (χ3v) is 7.69. The van der Waals surface area contributed by atoms with Crippen LogP contribution in [0.25, 0.3) is 0 Å². The Morgan fingerprint density at radius 1 is 1.36 bits per heavy atom. The van der Waals surface area contributed by atoms with Gasteiger partial charge >= 0.3 is 0 Å². The minimum absolute atomic E-state index is 0.163. The van der Waals surface area contributed by atoms with Gasteiger partial charge in [0.05, 0.1) is 15.5 Å². The van der Waals surface area contributed by atoms with Crippen LogP contribution in [-0.2, 0) is 26.9 Å². The summed E-state index contributed by atoms with van der Waals surface area (Å²) in [6, 6.07) is 8.87. The van der Waals surface area contributed by atoms with Crippen molar-refractivity contribution in [3.05, 3.63) is 35.9 Å². The molecule has 0 unspecified atom stereocenters. The highest BCUT2D eigenvalue weighted by Crippen LogP contribution is 2.45. The molecule has 1 aromatic rings. The zero-order valence-electron chi connectivity index (χ0n) is 12.3. The molecule has 1 aromatic carbocycles. The molecule has 2 aliphatic rings. The summed E-state index contributed by atoms with van der Waals surface area (Å²) in [5.74, 6) is -0.416. The Morgan fingerprint density at radius 2 is 2.00 bits per heavy atom. The second-order valence-electron chi connectivity index (χ2n) is 6.04. The molecule has 0 aromatic heterocycles. The van der Waals surface area contributed by atoms with Crippen molar-refractivity contribution >= 4 is 38.5 Å². The zero-order valence-corrected chi connectivity index (χ0v) is 14.7. The van der Waals surface area contributed by atoms with Crippen molar-refractivity contribution in [2.75, 3.05) is 0 Å². The number of nitrogens with zero attached hydrogens (tertiary/aromatic N) is 1. The highest BCUT2D eigenvalue weighted by atomic mass is 79.9. The lowest BCUT2D eigenvalue weighted by molar-refractivity contribution is -0.148. The lowest BCUT2D eigenvalue weighted by atomic mass is 9.97. The fourth-order valence-electron chi connectivity index (χ4n) is 3.01. The van der Waals surface area contributed by atoms with Gasteiger partial charge in [0.2, 0.25) is 11.8 Å². The number of amides is 2. The molecule has 2 saturated heterocycles. The van der Waals surface area contributed by atoms with Crippen LogP contribution in [0.4, 0.5) is 0 Å². The molecule has 0 bridgehead atoms. The first-order valence-corrected chi connectivity index (χ1v) is 9.17. The van der Waals surface area contributed by atoms with E-state index >= 15 is 0 Å². The zero-order chi connectivity index (χ0) is 16.1. The molecule has 3 rings (SSSR count). The van der Waals surface area contributed by atoms with E-state index in [0.29, 0.717) is 6.54 Å². The molecule has 0 spiro atoms. The Morgan fingerprint density at radius 3 is 2.64 bits per heavy atom. The van der Waals surface area contributed by atoms with Gasteiger partial charge in [-0.1, -0.05) is 46.3 Å². The average Bonchev–Trinajstić information content (AvgIpc) is 2.70. The monoisotopic (exact) mass is 384 g/mol. The first-order chi connectivity index (χ1) is 10.4. The first-order valence-electron chi connectivity index (χ1n) is 7.04. The summed E-state index contributed by atoms with van der Waals surface area (Å²) in [6.07, 6.45) is 0. The normalized spacial score (nSPS) is 32.3. The van der Waals surface area contributed by atoms with Gasteiger partial charge in [0.15, 0.2) is 0 Å². The van der Waals surface area contributed by atoms with E-state index in [2.05, 4.69) is 21.2 Å². The molecule has 118 valence electrons. The fourth-order valence-corrected chi connectivity index (χ4v) is 5.92. The number of nitrogens with one attached hydrogen (secondary N) is 1. The largest absolute Gasteiger partial charge is 0.350 e. The fraction of sp³-hybridized carbons (Fsp3) is 0.467. The van der Waals surface area contributed by atoms with E-state index in [-0.39, 0.29) is 11.8 Å².